The molecular formula is C16H22BrN3O. The zero-order valence-electron chi connectivity index (χ0n) is 13.0. The minimum Gasteiger partial charge on any atom is -0.393 e. The molecule has 0 radical (unpaired) electrons. The predicted molar refractivity (Wildman–Crippen MR) is 90.7 cm³/mol. The van der Waals surface area contributed by atoms with Gasteiger partial charge in [0.05, 0.1) is 12.2 Å². The number of nitrogens with two attached hydrogens (primary N) is 1. The number of rotatable bonds is 3. The van der Waals surface area contributed by atoms with E-state index in [1.807, 2.05) is 35.9 Å². The quantitative estimate of drug-likeness (QED) is 0.921. The molecule has 0 spiro atoms. The van der Waals surface area contributed by atoms with Gasteiger partial charge < -0.3 is 5.73 Å². The number of anilines is 1. The van der Waals surface area contributed by atoms with Crippen molar-refractivity contribution in [1.29, 1.82) is 0 Å². The van der Waals surface area contributed by atoms with Gasteiger partial charge in [-0.15, -0.1) is 0 Å². The van der Waals surface area contributed by atoms with E-state index in [0.717, 1.165) is 22.3 Å². The summed E-state index contributed by atoms with van der Waals surface area (Å²) in [5, 5.41) is 0. The predicted octanol–water partition coefficient (Wildman–Crippen LogP) is 3.36. The normalized spacial score (nSPS) is 11.9. The van der Waals surface area contributed by atoms with E-state index in [4.69, 9.17) is 5.73 Å². The number of nitrogen functional groups attached to an aromatic ring is 1. The van der Waals surface area contributed by atoms with Crippen molar-refractivity contribution in [3.05, 3.63) is 50.3 Å². The third kappa shape index (κ3) is 3.07. The second-order valence-electron chi connectivity index (χ2n) is 6.22. The average molecular weight is 352 g/mol. The van der Waals surface area contributed by atoms with E-state index >= 15 is 0 Å². The smallest absolute Gasteiger partial charge is 0.290 e. The highest BCUT2D eigenvalue weighted by atomic mass is 79.9. The van der Waals surface area contributed by atoms with Crippen LogP contribution in [0.4, 0.5) is 5.69 Å². The van der Waals surface area contributed by atoms with Gasteiger partial charge in [-0.3, -0.25) is 9.48 Å². The Morgan fingerprint density at radius 2 is 1.71 bits per heavy atom. The molecule has 2 N–H and O–H groups in total. The summed E-state index contributed by atoms with van der Waals surface area (Å²) in [7, 11) is 0. The van der Waals surface area contributed by atoms with E-state index in [2.05, 4.69) is 36.7 Å². The standard InChI is InChI=1S/C16H22BrN3O/c1-5-19-14(16(2,3)4)13(18)15(21)20(19)10-11-6-8-12(17)9-7-11/h6-9H,5,10,18H2,1-4H3. The van der Waals surface area contributed by atoms with Crippen LogP contribution in [0.25, 0.3) is 0 Å². The first-order valence-electron chi connectivity index (χ1n) is 7.09. The second-order valence-corrected chi connectivity index (χ2v) is 7.13. The molecule has 1 aromatic carbocycles. The highest BCUT2D eigenvalue weighted by Crippen LogP contribution is 2.26. The van der Waals surface area contributed by atoms with Crippen molar-refractivity contribution in [2.24, 2.45) is 0 Å². The molecular weight excluding hydrogens is 330 g/mol. The van der Waals surface area contributed by atoms with Crippen LogP contribution in [0.5, 0.6) is 0 Å². The summed E-state index contributed by atoms with van der Waals surface area (Å²) in [5.74, 6) is 0. The Bertz CT molecular complexity index is 690. The molecule has 0 aliphatic rings. The Balaban J connectivity index is 2.54. The molecule has 2 aromatic rings. The molecule has 21 heavy (non-hydrogen) atoms. The molecule has 0 atom stereocenters. The van der Waals surface area contributed by atoms with Crippen molar-refractivity contribution in [3.8, 4) is 0 Å². The summed E-state index contributed by atoms with van der Waals surface area (Å²) >= 11 is 3.42. The fourth-order valence-electron chi connectivity index (χ4n) is 2.65. The van der Waals surface area contributed by atoms with Gasteiger partial charge in [-0.1, -0.05) is 48.8 Å². The molecule has 0 saturated heterocycles. The van der Waals surface area contributed by atoms with Crippen LogP contribution < -0.4 is 11.3 Å². The Kier molecular flexibility index (Phi) is 4.33. The van der Waals surface area contributed by atoms with Gasteiger partial charge >= 0.3 is 0 Å². The van der Waals surface area contributed by atoms with Gasteiger partial charge in [0, 0.05) is 16.4 Å². The van der Waals surface area contributed by atoms with Crippen LogP contribution in [0.15, 0.2) is 33.5 Å². The Morgan fingerprint density at radius 1 is 1.14 bits per heavy atom. The van der Waals surface area contributed by atoms with Crippen LogP contribution >= 0.6 is 15.9 Å². The molecule has 0 amide bonds. The summed E-state index contributed by atoms with van der Waals surface area (Å²) in [6.07, 6.45) is 0. The van der Waals surface area contributed by atoms with Crippen molar-refractivity contribution < 1.29 is 0 Å². The van der Waals surface area contributed by atoms with E-state index in [1.54, 1.807) is 4.68 Å². The number of hydrogen-bond acceptors (Lipinski definition) is 2. The lowest BCUT2D eigenvalue weighted by Gasteiger charge is -2.22. The molecule has 0 saturated carbocycles. The van der Waals surface area contributed by atoms with E-state index in [-0.39, 0.29) is 11.0 Å². The molecule has 1 heterocycles. The SMILES string of the molecule is CCn1c(C(C)(C)C)c(N)c(=O)n1Cc1ccc(Br)cc1. The van der Waals surface area contributed by atoms with Crippen LogP contribution in [0, 0.1) is 0 Å². The molecule has 0 unspecified atom stereocenters. The lowest BCUT2D eigenvalue weighted by Crippen LogP contribution is -2.26. The van der Waals surface area contributed by atoms with Gasteiger partial charge in [0.15, 0.2) is 0 Å². The molecule has 4 nitrogen and oxygen atoms in total. The zero-order valence-corrected chi connectivity index (χ0v) is 14.6. The molecule has 0 aliphatic heterocycles. The number of aromatic nitrogens is 2. The number of nitrogens with zero attached hydrogens (tertiary/aromatic N) is 2. The maximum absolute atomic E-state index is 12.5. The van der Waals surface area contributed by atoms with E-state index < -0.39 is 0 Å². The van der Waals surface area contributed by atoms with Crippen molar-refractivity contribution in [3.63, 3.8) is 0 Å². The minimum absolute atomic E-state index is 0.107. The molecule has 0 bridgehead atoms. The lowest BCUT2D eigenvalue weighted by atomic mass is 9.91. The van der Waals surface area contributed by atoms with Gasteiger partial charge in [0.1, 0.15) is 5.69 Å². The van der Waals surface area contributed by atoms with Crippen molar-refractivity contribution in [1.82, 2.24) is 9.36 Å². The zero-order chi connectivity index (χ0) is 15.8. The largest absolute Gasteiger partial charge is 0.393 e. The summed E-state index contributed by atoms with van der Waals surface area (Å²) in [5.41, 5.74) is 8.16. The third-order valence-electron chi connectivity index (χ3n) is 3.53. The van der Waals surface area contributed by atoms with Gasteiger partial charge in [-0.25, -0.2) is 4.68 Å². The van der Waals surface area contributed by atoms with Crippen LogP contribution in [0.2, 0.25) is 0 Å². The van der Waals surface area contributed by atoms with Crippen LogP contribution in [-0.4, -0.2) is 9.36 Å². The summed E-state index contributed by atoms with van der Waals surface area (Å²) < 4.78 is 4.76. The molecule has 114 valence electrons. The first-order chi connectivity index (χ1) is 9.75. The Hall–Kier alpha value is -1.49. The summed E-state index contributed by atoms with van der Waals surface area (Å²) in [4.78, 5) is 12.5. The molecule has 1 aromatic heterocycles. The topological polar surface area (TPSA) is 52.9 Å². The molecule has 0 fully saturated rings. The molecule has 5 heteroatoms. The lowest BCUT2D eigenvalue weighted by molar-refractivity contribution is 0.428. The maximum atomic E-state index is 12.5. The maximum Gasteiger partial charge on any atom is 0.290 e. The van der Waals surface area contributed by atoms with Crippen molar-refractivity contribution in [2.75, 3.05) is 5.73 Å². The minimum atomic E-state index is -0.162. The van der Waals surface area contributed by atoms with Gasteiger partial charge in [-0.05, 0) is 24.6 Å². The Morgan fingerprint density at radius 3 is 2.19 bits per heavy atom. The molecule has 2 rings (SSSR count). The van der Waals surface area contributed by atoms with Gasteiger partial charge in [-0.2, -0.15) is 0 Å². The average Bonchev–Trinajstić information content (AvgIpc) is 2.65. The monoisotopic (exact) mass is 351 g/mol. The second kappa shape index (κ2) is 5.72. The van der Waals surface area contributed by atoms with E-state index in [0.29, 0.717) is 12.2 Å². The fraction of sp³-hybridized carbons (Fsp3) is 0.438. The van der Waals surface area contributed by atoms with E-state index in [9.17, 15) is 4.79 Å². The van der Waals surface area contributed by atoms with Crippen LogP contribution in [0.3, 0.4) is 0 Å². The first-order valence-corrected chi connectivity index (χ1v) is 7.89. The van der Waals surface area contributed by atoms with Gasteiger partial charge in [0.2, 0.25) is 0 Å². The first kappa shape index (κ1) is 15.9. The van der Waals surface area contributed by atoms with Crippen molar-refractivity contribution in [2.45, 2.75) is 46.2 Å². The fourth-order valence-corrected chi connectivity index (χ4v) is 2.91. The van der Waals surface area contributed by atoms with Crippen molar-refractivity contribution >= 4 is 21.6 Å². The highest BCUT2D eigenvalue weighted by molar-refractivity contribution is 9.10. The van der Waals surface area contributed by atoms with Crippen LogP contribution in [-0.2, 0) is 18.5 Å². The summed E-state index contributed by atoms with van der Waals surface area (Å²) in [6.45, 7) is 9.51. The summed E-state index contributed by atoms with van der Waals surface area (Å²) in [6, 6.07) is 7.98. The third-order valence-corrected chi connectivity index (χ3v) is 4.05. The number of hydrogen-bond donors (Lipinski definition) is 1. The number of halogens is 1. The van der Waals surface area contributed by atoms with E-state index in [1.165, 1.54) is 0 Å². The van der Waals surface area contributed by atoms with Gasteiger partial charge in [0.25, 0.3) is 5.56 Å². The Labute approximate surface area is 133 Å². The van der Waals surface area contributed by atoms with Crippen LogP contribution in [0.1, 0.15) is 39.0 Å². The number of benzene rings is 1. The molecule has 0 aliphatic carbocycles. The highest BCUT2D eigenvalue weighted by Gasteiger charge is 2.26.